The van der Waals surface area contributed by atoms with Crippen molar-refractivity contribution in [2.24, 2.45) is 0 Å². The first-order valence-corrected chi connectivity index (χ1v) is 34.2. The Morgan fingerprint density at radius 1 is 0.202 bits per heavy atom. The first kappa shape index (κ1) is 57.0. The van der Waals surface area contributed by atoms with Gasteiger partial charge in [0.05, 0.1) is 0 Å². The molecule has 0 fully saturated rings. The summed E-state index contributed by atoms with van der Waals surface area (Å²) in [4.78, 5) is 0. The number of rotatable bonds is 6. The molecule has 0 saturated carbocycles. The van der Waals surface area contributed by atoms with Crippen molar-refractivity contribution in [2.45, 2.75) is 105 Å². The van der Waals surface area contributed by atoms with Crippen LogP contribution >= 0.6 is 0 Å². The van der Waals surface area contributed by atoms with Crippen LogP contribution in [0.25, 0.3) is 144 Å². The first-order chi connectivity index (χ1) is 45.2. The monoisotopic (exact) mass is 1200 g/mol. The van der Waals surface area contributed by atoms with Gasteiger partial charge in [0.2, 0.25) is 13.4 Å². The highest BCUT2D eigenvalue weighted by Crippen LogP contribution is 2.56. The predicted octanol–water partition coefficient (Wildman–Crippen LogP) is 20.7. The van der Waals surface area contributed by atoms with Gasteiger partial charge < -0.3 is 0 Å². The van der Waals surface area contributed by atoms with Gasteiger partial charge in [0.15, 0.2) is 0 Å². The van der Waals surface area contributed by atoms with Crippen molar-refractivity contribution in [2.75, 3.05) is 0 Å². The molecule has 4 aliphatic rings. The third kappa shape index (κ3) is 8.27. The molecule has 0 radical (unpaired) electrons. The van der Waals surface area contributed by atoms with Gasteiger partial charge in [-0.1, -0.05) is 346 Å². The van der Waals surface area contributed by atoms with E-state index in [1.54, 1.807) is 0 Å². The number of hydrogen-bond acceptors (Lipinski definition) is 0. The Morgan fingerprint density at radius 2 is 0.489 bits per heavy atom. The lowest BCUT2D eigenvalue weighted by Gasteiger charge is -2.34. The standard InChI is InChI=1S/C92H76B2/c1-89(2,3)57-39-41-77-65(43-57)73-45-59(91(7,8)9)47-75-69-49-67(81-61(53-27-17-13-18-28-53)35-25-36-62(81)54-29-19-14-20-30-54)72-52-80-84-70(76-48-60(92(10,11)12)46-74-66-44-58(90(4,5)6)40-42-78(66)94(80)88(74)76)50-68(71-51-79(93(77)87(73)75)83(69)85(72)86(71)84)82-63(55-31-21-15-22-32-55)37-26-38-64(82)56-33-23-16-24-34-56/h13-52H,1-12H3. The lowest BCUT2D eigenvalue weighted by molar-refractivity contribution is 0.590. The quantitative estimate of drug-likeness (QED) is 0.115. The van der Waals surface area contributed by atoms with Gasteiger partial charge in [0.1, 0.15) is 0 Å². The summed E-state index contributed by atoms with van der Waals surface area (Å²) in [6, 6.07) is 95.5. The van der Waals surface area contributed by atoms with Crippen molar-refractivity contribution < 1.29 is 0 Å². The molecule has 0 aliphatic carbocycles. The second-order valence-corrected chi connectivity index (χ2v) is 31.8. The van der Waals surface area contributed by atoms with Crippen molar-refractivity contribution in [1.29, 1.82) is 0 Å². The minimum atomic E-state index is -0.125. The Bertz CT molecular complexity index is 5080. The van der Waals surface area contributed by atoms with E-state index in [1.165, 1.54) is 199 Å². The van der Waals surface area contributed by atoms with Gasteiger partial charge in [-0.3, -0.25) is 0 Å². The first-order valence-electron chi connectivity index (χ1n) is 34.2. The molecular weight excluding hydrogens is 1130 g/mol. The van der Waals surface area contributed by atoms with E-state index < -0.39 is 0 Å². The highest BCUT2D eigenvalue weighted by molar-refractivity contribution is 7.03. The predicted molar refractivity (Wildman–Crippen MR) is 409 cm³/mol. The highest BCUT2D eigenvalue weighted by atomic mass is 14.4. The van der Waals surface area contributed by atoms with Gasteiger partial charge in [-0.2, -0.15) is 0 Å². The number of fused-ring (bicyclic) bond motifs is 10. The van der Waals surface area contributed by atoms with Crippen LogP contribution in [0.15, 0.2) is 243 Å². The molecule has 450 valence electrons. The zero-order valence-electron chi connectivity index (χ0n) is 56.2. The van der Waals surface area contributed by atoms with Gasteiger partial charge in [0.25, 0.3) is 0 Å². The van der Waals surface area contributed by atoms with E-state index in [2.05, 4.69) is 326 Å². The minimum Gasteiger partial charge on any atom is -0.0661 e. The minimum absolute atomic E-state index is 0.00121. The number of benzene rings is 14. The van der Waals surface area contributed by atoms with Crippen LogP contribution in [-0.2, 0) is 21.7 Å². The van der Waals surface area contributed by atoms with Crippen molar-refractivity contribution in [3.8, 4) is 111 Å². The van der Waals surface area contributed by atoms with E-state index in [0.29, 0.717) is 0 Å². The maximum Gasteiger partial charge on any atom is 0.244 e. The average molecular weight is 1200 g/mol. The SMILES string of the molecule is CC(C)(C)c1ccc2c(c1)-c1cc(C(C)(C)C)cc3c1B2c1cc2c(-c4c(-c5ccccc5)cccc4-c4ccccc4)cc4c5c(cc6c(-c7c(-c8ccccc8)cccc7-c7ccccc7)cc-3c1c6c25)B1c2ccc(C(C)(C)C)cc2-c2cc(C(C)(C)C)cc-4c21. The van der Waals surface area contributed by atoms with Crippen LogP contribution in [0.1, 0.15) is 105 Å². The Balaban J connectivity index is 1.12. The maximum absolute atomic E-state index is 2.75. The van der Waals surface area contributed by atoms with Crippen molar-refractivity contribution >= 4 is 78.5 Å². The van der Waals surface area contributed by atoms with Gasteiger partial charge in [-0.05, 0) is 200 Å². The van der Waals surface area contributed by atoms with Crippen LogP contribution in [0.4, 0.5) is 0 Å². The van der Waals surface area contributed by atoms with Crippen molar-refractivity contribution in [1.82, 2.24) is 0 Å². The molecule has 4 heterocycles. The Hall–Kier alpha value is -9.75. The van der Waals surface area contributed by atoms with E-state index in [1.807, 2.05) is 0 Å². The summed E-state index contributed by atoms with van der Waals surface area (Å²) < 4.78 is 0. The van der Waals surface area contributed by atoms with Gasteiger partial charge in [0, 0.05) is 0 Å². The second kappa shape index (κ2) is 19.9. The van der Waals surface area contributed by atoms with Crippen LogP contribution < -0.4 is 32.8 Å². The van der Waals surface area contributed by atoms with E-state index in [4.69, 9.17) is 0 Å². The fourth-order valence-electron chi connectivity index (χ4n) is 17.3. The Kier molecular flexibility index (Phi) is 12.1. The van der Waals surface area contributed by atoms with Gasteiger partial charge >= 0.3 is 0 Å². The van der Waals surface area contributed by atoms with Crippen LogP contribution in [-0.4, -0.2) is 13.4 Å². The third-order valence-corrected chi connectivity index (χ3v) is 22.1. The zero-order chi connectivity index (χ0) is 64.2. The summed E-state index contributed by atoms with van der Waals surface area (Å²) in [6.07, 6.45) is 0. The average Bonchev–Trinajstić information content (AvgIpc) is 1.05. The molecule has 14 aromatic rings. The van der Waals surface area contributed by atoms with Crippen molar-refractivity contribution in [3.05, 3.63) is 265 Å². The van der Waals surface area contributed by atoms with Crippen molar-refractivity contribution in [3.63, 3.8) is 0 Å². The zero-order valence-corrected chi connectivity index (χ0v) is 56.2. The van der Waals surface area contributed by atoms with Gasteiger partial charge in [-0.25, -0.2) is 0 Å². The molecule has 0 spiro atoms. The lowest BCUT2D eigenvalue weighted by atomic mass is 9.34. The summed E-state index contributed by atoms with van der Waals surface area (Å²) >= 11 is 0. The molecule has 0 nitrogen and oxygen atoms in total. The molecule has 2 heteroatoms. The molecule has 18 rings (SSSR count). The summed E-state index contributed by atoms with van der Waals surface area (Å²) in [7, 11) is 0. The molecule has 0 saturated heterocycles. The molecule has 94 heavy (non-hydrogen) atoms. The number of hydrogen-bond donors (Lipinski definition) is 0. The Morgan fingerprint density at radius 3 is 0.787 bits per heavy atom. The normalized spacial score (nSPS) is 13.5. The van der Waals surface area contributed by atoms with E-state index in [0.717, 1.165) is 0 Å². The van der Waals surface area contributed by atoms with Crippen LogP contribution in [0.3, 0.4) is 0 Å². The molecule has 0 atom stereocenters. The van der Waals surface area contributed by atoms with E-state index in [9.17, 15) is 0 Å². The summed E-state index contributed by atoms with van der Waals surface area (Å²) in [5.74, 6) is 0. The fraction of sp³-hybridized carbons (Fsp3) is 0.174. The van der Waals surface area contributed by atoms with E-state index >= 15 is 0 Å². The smallest absolute Gasteiger partial charge is 0.0661 e. The third-order valence-electron chi connectivity index (χ3n) is 22.1. The molecule has 0 aromatic heterocycles. The summed E-state index contributed by atoms with van der Waals surface area (Å²) in [5.41, 5.74) is 39.4. The highest BCUT2D eigenvalue weighted by Gasteiger charge is 2.47. The second-order valence-electron chi connectivity index (χ2n) is 31.8. The lowest BCUT2D eigenvalue weighted by Crippen LogP contribution is -2.53. The molecule has 14 aromatic carbocycles. The molecule has 0 unspecified atom stereocenters. The molecule has 0 N–H and O–H groups in total. The van der Waals surface area contributed by atoms with Crippen LogP contribution in [0, 0.1) is 0 Å². The maximum atomic E-state index is 2.75. The largest absolute Gasteiger partial charge is 0.244 e. The summed E-state index contributed by atoms with van der Waals surface area (Å²) in [5, 5.41) is 8.13. The molecule has 4 aliphatic heterocycles. The fourth-order valence-corrected chi connectivity index (χ4v) is 17.3. The van der Waals surface area contributed by atoms with Gasteiger partial charge in [-0.15, -0.1) is 0 Å². The van der Waals surface area contributed by atoms with E-state index in [-0.39, 0.29) is 35.1 Å². The van der Waals surface area contributed by atoms with Crippen LogP contribution in [0.2, 0.25) is 0 Å². The molecule has 0 amide bonds. The molecule has 0 bridgehead atoms. The Labute approximate surface area is 555 Å². The molecular formula is C92H76B2. The summed E-state index contributed by atoms with van der Waals surface area (Å²) in [6.45, 7) is 28.7. The topological polar surface area (TPSA) is 0 Å². The van der Waals surface area contributed by atoms with Crippen LogP contribution in [0.5, 0.6) is 0 Å².